The van der Waals surface area contributed by atoms with E-state index in [1.807, 2.05) is 22.9 Å². The van der Waals surface area contributed by atoms with Crippen molar-refractivity contribution in [2.45, 2.75) is 13.3 Å². The average molecular weight is 247 g/mol. The number of carbonyl (C=O) groups is 1. The average Bonchev–Trinajstić information content (AvgIpc) is 2.70. The predicted octanol–water partition coefficient (Wildman–Crippen LogP) is 2.20. The van der Waals surface area contributed by atoms with Gasteiger partial charge in [0.2, 0.25) is 5.91 Å². The van der Waals surface area contributed by atoms with Crippen LogP contribution in [0.25, 0.3) is 5.69 Å². The number of benzene rings is 1. The van der Waals surface area contributed by atoms with Gasteiger partial charge < -0.3 is 10.7 Å². The number of rotatable bonds is 3. The van der Waals surface area contributed by atoms with Crippen LogP contribution in [0.15, 0.2) is 30.5 Å². The summed E-state index contributed by atoms with van der Waals surface area (Å²) in [5.41, 5.74) is 7.72. The van der Waals surface area contributed by atoms with Crippen LogP contribution in [-0.4, -0.2) is 15.5 Å². The number of nitrogens with two attached hydrogens (primary N) is 1. The van der Waals surface area contributed by atoms with E-state index in [-0.39, 0.29) is 0 Å². The molecule has 4 nitrogen and oxygen atoms in total. The van der Waals surface area contributed by atoms with Crippen LogP contribution in [0, 0.1) is 4.77 Å². The standard InChI is InChI=1S/C12H13N3OS/c1-2-9-7-14-12(17)15(9)10-5-3-8(4-6-10)11(13)16/h3-7H,2H2,1H3,(H2,13,16)(H,14,17). The number of nitrogens with zero attached hydrogens (tertiary/aromatic N) is 1. The van der Waals surface area contributed by atoms with E-state index in [1.165, 1.54) is 0 Å². The largest absolute Gasteiger partial charge is 0.366 e. The van der Waals surface area contributed by atoms with Crippen molar-refractivity contribution in [3.05, 3.63) is 46.5 Å². The Kier molecular flexibility index (Phi) is 3.10. The van der Waals surface area contributed by atoms with E-state index in [2.05, 4.69) is 11.9 Å². The van der Waals surface area contributed by atoms with Gasteiger partial charge in [-0.3, -0.25) is 9.36 Å². The van der Waals surface area contributed by atoms with Crippen LogP contribution in [-0.2, 0) is 6.42 Å². The van der Waals surface area contributed by atoms with Crippen molar-refractivity contribution >= 4 is 18.1 Å². The number of aryl methyl sites for hydroxylation is 1. The highest BCUT2D eigenvalue weighted by molar-refractivity contribution is 7.71. The summed E-state index contributed by atoms with van der Waals surface area (Å²) in [5.74, 6) is -0.426. The Balaban J connectivity index is 2.50. The lowest BCUT2D eigenvalue weighted by atomic mass is 10.2. The molecule has 0 unspecified atom stereocenters. The second kappa shape index (κ2) is 4.55. The molecule has 0 atom stereocenters. The summed E-state index contributed by atoms with van der Waals surface area (Å²) >= 11 is 5.22. The van der Waals surface area contributed by atoms with Gasteiger partial charge in [-0.05, 0) is 42.9 Å². The smallest absolute Gasteiger partial charge is 0.248 e. The fourth-order valence-electron chi connectivity index (χ4n) is 1.72. The molecule has 3 N–H and O–H groups in total. The van der Waals surface area contributed by atoms with E-state index in [0.717, 1.165) is 17.8 Å². The fraction of sp³-hybridized carbons (Fsp3) is 0.167. The maximum atomic E-state index is 11.0. The molecule has 0 spiro atoms. The number of aromatic nitrogens is 2. The Hall–Kier alpha value is -1.88. The van der Waals surface area contributed by atoms with Crippen molar-refractivity contribution in [1.29, 1.82) is 0 Å². The first-order chi connectivity index (χ1) is 8.13. The van der Waals surface area contributed by atoms with Gasteiger partial charge in [0, 0.05) is 23.1 Å². The van der Waals surface area contributed by atoms with Gasteiger partial charge in [-0.2, -0.15) is 0 Å². The lowest BCUT2D eigenvalue weighted by Gasteiger charge is -2.07. The summed E-state index contributed by atoms with van der Waals surface area (Å²) in [4.78, 5) is 14.0. The number of amides is 1. The summed E-state index contributed by atoms with van der Waals surface area (Å²) < 4.78 is 2.59. The lowest BCUT2D eigenvalue weighted by molar-refractivity contribution is 0.100. The van der Waals surface area contributed by atoms with E-state index in [1.54, 1.807) is 12.1 Å². The molecular formula is C12H13N3OS. The highest BCUT2D eigenvalue weighted by atomic mass is 32.1. The molecular weight excluding hydrogens is 234 g/mol. The Morgan fingerprint density at radius 1 is 1.41 bits per heavy atom. The summed E-state index contributed by atoms with van der Waals surface area (Å²) in [5, 5.41) is 0. The Bertz CT molecular complexity index is 595. The van der Waals surface area contributed by atoms with Crippen molar-refractivity contribution in [2.75, 3.05) is 0 Å². The Morgan fingerprint density at radius 3 is 2.59 bits per heavy atom. The molecule has 1 aromatic carbocycles. The van der Waals surface area contributed by atoms with Crippen LogP contribution in [0.2, 0.25) is 0 Å². The molecule has 2 aromatic rings. The normalized spacial score (nSPS) is 10.4. The third kappa shape index (κ3) is 2.14. The Labute approximate surface area is 104 Å². The summed E-state index contributed by atoms with van der Waals surface area (Å²) in [6.07, 6.45) is 2.77. The number of aromatic amines is 1. The highest BCUT2D eigenvalue weighted by Crippen LogP contribution is 2.14. The van der Waals surface area contributed by atoms with E-state index < -0.39 is 5.91 Å². The van der Waals surface area contributed by atoms with Crippen LogP contribution in [0.3, 0.4) is 0 Å². The second-order valence-electron chi connectivity index (χ2n) is 3.69. The number of imidazole rings is 1. The van der Waals surface area contributed by atoms with E-state index in [9.17, 15) is 4.79 Å². The zero-order valence-electron chi connectivity index (χ0n) is 9.43. The number of hydrogen-bond acceptors (Lipinski definition) is 2. The SMILES string of the molecule is CCc1c[nH]c(=S)n1-c1ccc(C(N)=O)cc1. The van der Waals surface area contributed by atoms with Crippen LogP contribution >= 0.6 is 12.2 Å². The number of nitrogens with one attached hydrogen (secondary N) is 1. The number of primary amides is 1. The summed E-state index contributed by atoms with van der Waals surface area (Å²) in [7, 11) is 0. The molecule has 88 valence electrons. The van der Waals surface area contributed by atoms with Crippen molar-refractivity contribution in [2.24, 2.45) is 5.73 Å². The summed E-state index contributed by atoms with van der Waals surface area (Å²) in [6.45, 7) is 2.06. The van der Waals surface area contributed by atoms with Crippen molar-refractivity contribution in [3.8, 4) is 5.69 Å². The minimum atomic E-state index is -0.426. The third-order valence-corrected chi connectivity index (χ3v) is 2.93. The van der Waals surface area contributed by atoms with E-state index in [0.29, 0.717) is 10.3 Å². The topological polar surface area (TPSA) is 63.8 Å². The highest BCUT2D eigenvalue weighted by Gasteiger charge is 2.05. The van der Waals surface area contributed by atoms with E-state index in [4.69, 9.17) is 18.0 Å². The van der Waals surface area contributed by atoms with E-state index >= 15 is 0 Å². The van der Waals surface area contributed by atoms with Gasteiger partial charge in [-0.1, -0.05) is 6.92 Å². The lowest BCUT2D eigenvalue weighted by Crippen LogP contribution is -2.10. The molecule has 0 aliphatic carbocycles. The molecule has 2 rings (SSSR count). The van der Waals surface area contributed by atoms with Crippen molar-refractivity contribution in [1.82, 2.24) is 9.55 Å². The molecule has 17 heavy (non-hydrogen) atoms. The number of hydrogen-bond donors (Lipinski definition) is 2. The van der Waals surface area contributed by atoms with Gasteiger partial charge in [0.25, 0.3) is 0 Å². The first-order valence-electron chi connectivity index (χ1n) is 5.33. The molecule has 0 aliphatic heterocycles. The third-order valence-electron chi connectivity index (χ3n) is 2.62. The molecule has 5 heteroatoms. The van der Waals surface area contributed by atoms with Gasteiger partial charge in [-0.25, -0.2) is 0 Å². The predicted molar refractivity (Wildman–Crippen MR) is 68.8 cm³/mol. The Morgan fingerprint density at radius 2 is 2.06 bits per heavy atom. The summed E-state index contributed by atoms with van der Waals surface area (Å²) in [6, 6.07) is 7.07. The number of carbonyl (C=O) groups excluding carboxylic acids is 1. The van der Waals surface area contributed by atoms with Gasteiger partial charge in [0.1, 0.15) is 0 Å². The van der Waals surface area contributed by atoms with Crippen molar-refractivity contribution in [3.63, 3.8) is 0 Å². The van der Waals surface area contributed by atoms with Crippen LogP contribution in [0.5, 0.6) is 0 Å². The molecule has 0 saturated heterocycles. The molecule has 0 radical (unpaired) electrons. The van der Waals surface area contributed by atoms with Gasteiger partial charge >= 0.3 is 0 Å². The molecule has 0 fully saturated rings. The quantitative estimate of drug-likeness (QED) is 0.817. The molecule has 0 saturated carbocycles. The second-order valence-corrected chi connectivity index (χ2v) is 4.07. The fourth-order valence-corrected chi connectivity index (χ4v) is 2.00. The molecule has 1 aromatic heterocycles. The van der Waals surface area contributed by atoms with Gasteiger partial charge in [0.05, 0.1) is 0 Å². The zero-order valence-corrected chi connectivity index (χ0v) is 10.3. The molecule has 1 heterocycles. The van der Waals surface area contributed by atoms with Crippen LogP contribution < -0.4 is 5.73 Å². The van der Waals surface area contributed by atoms with Crippen LogP contribution in [0.4, 0.5) is 0 Å². The minimum Gasteiger partial charge on any atom is -0.366 e. The minimum absolute atomic E-state index is 0.426. The van der Waals surface area contributed by atoms with Gasteiger partial charge in [-0.15, -0.1) is 0 Å². The van der Waals surface area contributed by atoms with Crippen LogP contribution in [0.1, 0.15) is 23.0 Å². The zero-order chi connectivity index (χ0) is 12.4. The monoisotopic (exact) mass is 247 g/mol. The number of H-pyrrole nitrogens is 1. The molecule has 0 bridgehead atoms. The molecule has 0 aliphatic rings. The maximum absolute atomic E-state index is 11.0. The first-order valence-corrected chi connectivity index (χ1v) is 5.74. The molecule has 1 amide bonds. The maximum Gasteiger partial charge on any atom is 0.248 e. The first kappa shape index (κ1) is 11.6. The van der Waals surface area contributed by atoms with Crippen molar-refractivity contribution < 1.29 is 4.79 Å². The van der Waals surface area contributed by atoms with Gasteiger partial charge in [0.15, 0.2) is 4.77 Å².